The quantitative estimate of drug-likeness (QED) is 0.485. The largest absolute Gasteiger partial charge is 0.483 e. The van der Waals surface area contributed by atoms with Crippen molar-refractivity contribution in [3.8, 4) is 5.95 Å². The lowest BCUT2D eigenvalue weighted by molar-refractivity contribution is -0.122. The summed E-state index contributed by atoms with van der Waals surface area (Å²) in [5.41, 5.74) is 1.09. The lowest BCUT2D eigenvalue weighted by Gasteiger charge is -2.14. The zero-order valence-corrected chi connectivity index (χ0v) is 14.7. The molecule has 1 aliphatic rings. The minimum Gasteiger partial charge on any atom is -0.483 e. The van der Waals surface area contributed by atoms with Crippen molar-refractivity contribution in [2.24, 2.45) is 5.92 Å². The Labute approximate surface area is 158 Å². The van der Waals surface area contributed by atoms with Crippen LogP contribution < -0.4 is 0 Å². The van der Waals surface area contributed by atoms with E-state index in [-0.39, 0.29) is 30.7 Å². The van der Waals surface area contributed by atoms with Gasteiger partial charge in [-0.2, -0.15) is 4.98 Å². The molecular formula is C16H18N8O4. The van der Waals surface area contributed by atoms with E-state index in [9.17, 15) is 9.90 Å². The van der Waals surface area contributed by atoms with Crippen LogP contribution in [0.15, 0.2) is 37.2 Å². The van der Waals surface area contributed by atoms with Crippen LogP contribution in [-0.2, 0) is 11.2 Å². The molecule has 4 heterocycles. The third-order valence-electron chi connectivity index (χ3n) is 4.27. The van der Waals surface area contributed by atoms with Crippen LogP contribution in [0.5, 0.6) is 0 Å². The predicted octanol–water partition coefficient (Wildman–Crippen LogP) is -0.843. The van der Waals surface area contributed by atoms with Crippen molar-refractivity contribution in [3.05, 3.63) is 48.6 Å². The number of aliphatic hydroxyl groups excluding tert-OH is 1. The summed E-state index contributed by atoms with van der Waals surface area (Å²) in [6, 6.07) is 3.83. The van der Waals surface area contributed by atoms with Gasteiger partial charge in [-0.3, -0.25) is 24.2 Å². The molecule has 12 nitrogen and oxygen atoms in total. The zero-order chi connectivity index (χ0) is 19.9. The highest BCUT2D eigenvalue weighted by atomic mass is 16.3. The highest BCUT2D eigenvalue weighted by molar-refractivity contribution is 5.90. The van der Waals surface area contributed by atoms with Crippen LogP contribution in [0.1, 0.15) is 16.2 Å². The van der Waals surface area contributed by atoms with Crippen molar-refractivity contribution in [2.45, 2.75) is 12.5 Å². The van der Waals surface area contributed by atoms with Gasteiger partial charge in [0.2, 0.25) is 5.82 Å². The van der Waals surface area contributed by atoms with Crippen LogP contribution in [0.4, 0.5) is 0 Å². The van der Waals surface area contributed by atoms with Crippen molar-refractivity contribution < 1.29 is 19.8 Å². The molecule has 1 saturated heterocycles. The Morgan fingerprint density at radius 2 is 1.93 bits per heavy atom. The van der Waals surface area contributed by atoms with Crippen LogP contribution >= 0.6 is 0 Å². The van der Waals surface area contributed by atoms with E-state index in [0.29, 0.717) is 18.9 Å². The average molecular weight is 386 g/mol. The number of carbonyl (C=O) groups excluding carboxylic acids is 1. The van der Waals surface area contributed by atoms with E-state index in [0.717, 1.165) is 5.56 Å². The topological polar surface area (TPSA) is 163 Å². The number of pyridine rings is 1. The second-order valence-corrected chi connectivity index (χ2v) is 6.06. The van der Waals surface area contributed by atoms with Crippen LogP contribution in [0.2, 0.25) is 0 Å². The number of carbonyl (C=O) groups is 2. The molecule has 3 aromatic rings. The summed E-state index contributed by atoms with van der Waals surface area (Å²) < 4.78 is 1.50. The Morgan fingerprint density at radius 3 is 2.61 bits per heavy atom. The summed E-state index contributed by atoms with van der Waals surface area (Å²) in [6.45, 7) is 0.488. The van der Waals surface area contributed by atoms with E-state index in [1.165, 1.54) is 17.2 Å². The predicted molar refractivity (Wildman–Crippen MR) is 93.3 cm³/mol. The van der Waals surface area contributed by atoms with Crippen LogP contribution in [0.25, 0.3) is 5.95 Å². The number of H-pyrrole nitrogens is 1. The Morgan fingerprint density at radius 1 is 1.25 bits per heavy atom. The van der Waals surface area contributed by atoms with Crippen LogP contribution in [-0.4, -0.2) is 81.6 Å². The first-order chi connectivity index (χ1) is 13.6. The number of hydrogen-bond acceptors (Lipinski definition) is 8. The summed E-state index contributed by atoms with van der Waals surface area (Å²) in [6.07, 6.45) is 6.46. The molecule has 28 heavy (non-hydrogen) atoms. The molecule has 0 radical (unpaired) electrons. The summed E-state index contributed by atoms with van der Waals surface area (Å²) in [5.74, 6) is 0.108. The van der Waals surface area contributed by atoms with Gasteiger partial charge in [0.05, 0.1) is 6.10 Å². The van der Waals surface area contributed by atoms with Gasteiger partial charge in [0.25, 0.3) is 18.3 Å². The maximum Gasteiger partial charge on any atom is 0.291 e. The molecule has 146 valence electrons. The number of nitrogens with zero attached hydrogens (tertiary/aromatic N) is 7. The van der Waals surface area contributed by atoms with Crippen LogP contribution in [0.3, 0.4) is 0 Å². The SMILES string of the molecule is O=C(c1nc(-n2cnnc2)n[nH]1)N1C[C@@H](Cc2ccncc2)[C@@H](O)C1.O=CO. The molecule has 1 amide bonds. The van der Waals surface area contributed by atoms with Gasteiger partial charge in [-0.05, 0) is 24.1 Å². The summed E-state index contributed by atoms with van der Waals surface area (Å²) in [4.78, 5) is 30.7. The molecule has 0 bridgehead atoms. The summed E-state index contributed by atoms with van der Waals surface area (Å²) in [7, 11) is 0. The second-order valence-electron chi connectivity index (χ2n) is 6.06. The molecule has 0 aromatic carbocycles. The highest BCUT2D eigenvalue weighted by Gasteiger charge is 2.35. The van der Waals surface area contributed by atoms with Gasteiger partial charge in [-0.25, -0.2) is 0 Å². The minimum absolute atomic E-state index is 0.0217. The summed E-state index contributed by atoms with van der Waals surface area (Å²) in [5, 5.41) is 31.2. The fraction of sp³-hybridized carbons (Fsp3) is 0.312. The molecule has 3 N–H and O–H groups in total. The molecule has 12 heteroatoms. The van der Waals surface area contributed by atoms with E-state index < -0.39 is 6.10 Å². The average Bonchev–Trinajstić information content (AvgIpc) is 3.44. The molecule has 0 saturated carbocycles. The number of nitrogens with one attached hydrogen (secondary N) is 1. The maximum atomic E-state index is 12.6. The first-order valence-electron chi connectivity index (χ1n) is 8.34. The molecule has 0 unspecified atom stereocenters. The molecule has 1 aliphatic heterocycles. The maximum absolute atomic E-state index is 12.6. The number of rotatable bonds is 4. The third kappa shape index (κ3) is 4.35. The van der Waals surface area contributed by atoms with Gasteiger partial charge in [0.1, 0.15) is 12.7 Å². The Kier molecular flexibility index (Phi) is 6.01. The Balaban J connectivity index is 0.000000706. The van der Waals surface area contributed by atoms with Gasteiger partial charge in [0.15, 0.2) is 0 Å². The van der Waals surface area contributed by atoms with E-state index in [2.05, 4.69) is 30.4 Å². The normalized spacial score (nSPS) is 18.4. The lowest BCUT2D eigenvalue weighted by atomic mass is 9.97. The monoisotopic (exact) mass is 386 g/mol. The number of aromatic nitrogens is 7. The number of hydrogen-bond donors (Lipinski definition) is 3. The van der Waals surface area contributed by atoms with Crippen molar-refractivity contribution >= 4 is 12.4 Å². The lowest BCUT2D eigenvalue weighted by Crippen LogP contribution is -2.30. The van der Waals surface area contributed by atoms with E-state index in [4.69, 9.17) is 9.90 Å². The number of aliphatic hydroxyl groups is 1. The minimum atomic E-state index is -0.572. The van der Waals surface area contributed by atoms with Crippen molar-refractivity contribution in [2.75, 3.05) is 13.1 Å². The highest BCUT2D eigenvalue weighted by Crippen LogP contribution is 2.22. The zero-order valence-electron chi connectivity index (χ0n) is 14.7. The van der Waals surface area contributed by atoms with Crippen molar-refractivity contribution in [3.63, 3.8) is 0 Å². The molecule has 0 aliphatic carbocycles. The number of amides is 1. The second kappa shape index (κ2) is 8.81. The molecular weight excluding hydrogens is 368 g/mol. The van der Waals surface area contributed by atoms with Gasteiger partial charge in [-0.1, -0.05) is 0 Å². The van der Waals surface area contributed by atoms with E-state index in [1.54, 1.807) is 17.3 Å². The molecule has 0 spiro atoms. The molecule has 3 aromatic heterocycles. The molecule has 2 atom stereocenters. The van der Waals surface area contributed by atoms with Crippen molar-refractivity contribution in [1.29, 1.82) is 0 Å². The van der Waals surface area contributed by atoms with Gasteiger partial charge < -0.3 is 15.1 Å². The first kappa shape index (κ1) is 19.1. The van der Waals surface area contributed by atoms with Gasteiger partial charge in [-0.15, -0.1) is 15.3 Å². The van der Waals surface area contributed by atoms with Crippen LogP contribution in [0, 0.1) is 5.92 Å². The van der Waals surface area contributed by atoms with E-state index in [1.807, 2.05) is 12.1 Å². The summed E-state index contributed by atoms with van der Waals surface area (Å²) >= 11 is 0. The van der Waals surface area contributed by atoms with Gasteiger partial charge in [0, 0.05) is 31.4 Å². The molecule has 1 fully saturated rings. The third-order valence-corrected chi connectivity index (χ3v) is 4.27. The first-order valence-corrected chi connectivity index (χ1v) is 8.34. The van der Waals surface area contributed by atoms with Gasteiger partial charge >= 0.3 is 0 Å². The Hall–Kier alpha value is -3.67. The number of likely N-dealkylation sites (tertiary alicyclic amines) is 1. The number of β-amino-alcohol motifs (C(OH)–C–C–N with tert-alkyl or cyclic N) is 1. The standard InChI is InChI=1S/C15H16N8O2.CH2O2/c24-12-7-22(6-11(12)5-10-1-3-16-4-2-10)14(25)13-19-15(21-20-13)23-8-17-18-9-23;2-1-3/h1-4,8-9,11-12,24H,5-7H2,(H,19,20,21);1H,(H,2,3)/t11-,12+;/m1./s1. The smallest absolute Gasteiger partial charge is 0.291 e. The van der Waals surface area contributed by atoms with E-state index >= 15 is 0 Å². The number of carboxylic acid groups (broad SMARTS) is 1. The fourth-order valence-corrected chi connectivity index (χ4v) is 2.96. The Bertz CT molecular complexity index is 899. The van der Waals surface area contributed by atoms with Crippen molar-refractivity contribution in [1.82, 2.24) is 39.8 Å². The fourth-order valence-electron chi connectivity index (χ4n) is 2.96. The number of aromatic amines is 1. The molecule has 4 rings (SSSR count).